The second kappa shape index (κ2) is 11.8. The number of rotatable bonds is 6. The van der Waals surface area contributed by atoms with E-state index >= 15 is 0 Å². The molecule has 0 saturated carbocycles. The van der Waals surface area contributed by atoms with Gasteiger partial charge >= 0.3 is 5.97 Å². The molecule has 3 heterocycles. The van der Waals surface area contributed by atoms with Gasteiger partial charge in [-0.2, -0.15) is 0 Å². The van der Waals surface area contributed by atoms with Crippen LogP contribution in [0.2, 0.25) is 0 Å². The Morgan fingerprint density at radius 1 is 0.889 bits per heavy atom. The van der Waals surface area contributed by atoms with Crippen LogP contribution in [-0.4, -0.2) is 124 Å². The zero-order valence-electron chi connectivity index (χ0n) is 22.6. The highest BCUT2D eigenvalue weighted by molar-refractivity contribution is 5.83. The van der Waals surface area contributed by atoms with Crippen molar-refractivity contribution in [2.45, 2.75) is 60.6 Å². The largest absolute Gasteiger partial charge is 0.508 e. The molecule has 3 aromatic rings. The molecule has 1 aromatic heterocycles. The lowest BCUT2D eigenvalue weighted by molar-refractivity contribution is -0.440. The maximum absolute atomic E-state index is 13.2. The molecule has 18 nitrogen and oxygen atoms in total. The minimum Gasteiger partial charge on any atom is -0.508 e. The maximum atomic E-state index is 13.2. The van der Waals surface area contributed by atoms with Crippen molar-refractivity contribution in [3.63, 3.8) is 0 Å². The molecule has 11 N–H and O–H groups in total. The summed E-state index contributed by atoms with van der Waals surface area (Å²) in [5, 5.41) is 114. The number of ether oxygens (including phenoxy) is 4. The zero-order chi connectivity index (χ0) is 33.0. The van der Waals surface area contributed by atoms with E-state index in [0.717, 1.165) is 30.3 Å². The SMILES string of the molecule is O=C(Oc1coc2cc(O)ccc2c1=O)[C@@]1(O)O[C@@H](O[C@@H]2O[C@H](CO)[C@H](O)[C@H](O)[C@H]2O)[C@@](O)(c2ccc(O)c(O)c2)[C@@H](O)[C@@H]1O. The fraction of sp³-hybridized carbons (Fsp3) is 0.407. The average Bonchev–Trinajstić information content (AvgIpc) is 3.01. The molecular weight excluding hydrogens is 612 g/mol. The first-order valence-electron chi connectivity index (χ1n) is 13.1. The van der Waals surface area contributed by atoms with E-state index in [2.05, 4.69) is 0 Å². The van der Waals surface area contributed by atoms with Crippen molar-refractivity contribution in [1.29, 1.82) is 0 Å². The molecule has 2 aromatic carbocycles. The average molecular weight is 641 g/mol. The van der Waals surface area contributed by atoms with Crippen LogP contribution in [0.5, 0.6) is 23.0 Å². The highest BCUT2D eigenvalue weighted by atomic mass is 16.8. The molecular formula is C27H28O18. The number of phenolic OH excluding ortho intramolecular Hbond substituents is 3. The van der Waals surface area contributed by atoms with Gasteiger partial charge in [-0.3, -0.25) is 4.79 Å². The number of carbonyl (C=O) groups is 1. The fourth-order valence-corrected chi connectivity index (χ4v) is 4.94. The van der Waals surface area contributed by atoms with E-state index in [1.54, 1.807) is 0 Å². The Morgan fingerprint density at radius 3 is 2.27 bits per heavy atom. The fourth-order valence-electron chi connectivity index (χ4n) is 4.94. The number of aliphatic hydroxyl groups excluding tert-OH is 6. The molecule has 0 radical (unpaired) electrons. The molecule has 0 aliphatic carbocycles. The zero-order valence-corrected chi connectivity index (χ0v) is 22.6. The Balaban J connectivity index is 1.54. The summed E-state index contributed by atoms with van der Waals surface area (Å²) in [6.07, 6.45) is -17.2. The first kappa shape index (κ1) is 32.5. The normalized spacial score (nSPS) is 35.3. The van der Waals surface area contributed by atoms with Crippen LogP contribution in [0.3, 0.4) is 0 Å². The Morgan fingerprint density at radius 2 is 1.60 bits per heavy atom. The Bertz CT molecular complexity index is 1640. The van der Waals surface area contributed by atoms with Crippen LogP contribution in [-0.2, 0) is 24.6 Å². The molecule has 0 unspecified atom stereocenters. The molecule has 2 fully saturated rings. The van der Waals surface area contributed by atoms with Gasteiger partial charge in [0, 0.05) is 6.07 Å². The molecule has 5 rings (SSSR count). The van der Waals surface area contributed by atoms with Crippen LogP contribution in [0.1, 0.15) is 5.56 Å². The molecule has 0 bridgehead atoms. The summed E-state index contributed by atoms with van der Waals surface area (Å²) in [5.74, 6) is -8.29. The van der Waals surface area contributed by atoms with Crippen molar-refractivity contribution >= 4 is 16.9 Å². The molecule has 2 saturated heterocycles. The lowest BCUT2D eigenvalue weighted by Gasteiger charge is -2.51. The van der Waals surface area contributed by atoms with E-state index in [1.807, 2.05) is 0 Å². The third-order valence-corrected chi connectivity index (χ3v) is 7.56. The number of aromatic hydroxyl groups is 3. The van der Waals surface area contributed by atoms with Gasteiger partial charge in [0.1, 0.15) is 54.2 Å². The third-order valence-electron chi connectivity index (χ3n) is 7.56. The van der Waals surface area contributed by atoms with Crippen molar-refractivity contribution in [2.24, 2.45) is 0 Å². The van der Waals surface area contributed by atoms with Crippen LogP contribution in [0.15, 0.2) is 51.9 Å². The van der Waals surface area contributed by atoms with Crippen LogP contribution in [0.4, 0.5) is 0 Å². The summed E-state index contributed by atoms with van der Waals surface area (Å²) in [5.41, 5.74) is -4.75. The van der Waals surface area contributed by atoms with Gasteiger partial charge in [-0.1, -0.05) is 6.07 Å². The summed E-state index contributed by atoms with van der Waals surface area (Å²) in [6, 6.07) is 5.81. The number of phenols is 3. The Hall–Kier alpha value is -3.92. The molecule has 0 amide bonds. The molecule has 0 spiro atoms. The summed E-state index contributed by atoms with van der Waals surface area (Å²) in [7, 11) is 0. The van der Waals surface area contributed by atoms with E-state index in [0.29, 0.717) is 12.3 Å². The van der Waals surface area contributed by atoms with Gasteiger partial charge in [0.2, 0.25) is 11.2 Å². The van der Waals surface area contributed by atoms with Crippen molar-refractivity contribution in [3.8, 4) is 23.0 Å². The van der Waals surface area contributed by atoms with Gasteiger partial charge in [0.25, 0.3) is 5.79 Å². The van der Waals surface area contributed by atoms with Crippen molar-refractivity contribution in [3.05, 3.63) is 58.4 Å². The predicted octanol–water partition coefficient (Wildman–Crippen LogP) is -3.71. The van der Waals surface area contributed by atoms with Crippen LogP contribution >= 0.6 is 0 Å². The summed E-state index contributed by atoms with van der Waals surface area (Å²) in [4.78, 5) is 26.1. The van der Waals surface area contributed by atoms with E-state index in [4.69, 9.17) is 23.4 Å². The smallest absolute Gasteiger partial charge is 0.375 e. The summed E-state index contributed by atoms with van der Waals surface area (Å²) >= 11 is 0. The van der Waals surface area contributed by atoms with Crippen LogP contribution in [0.25, 0.3) is 11.0 Å². The van der Waals surface area contributed by atoms with Gasteiger partial charge in [0.15, 0.2) is 29.7 Å². The van der Waals surface area contributed by atoms with Gasteiger partial charge in [0.05, 0.1) is 12.0 Å². The van der Waals surface area contributed by atoms with Gasteiger partial charge < -0.3 is 79.5 Å². The number of aliphatic hydroxyl groups is 8. The molecule has 244 valence electrons. The number of benzene rings is 2. The number of hydrogen-bond acceptors (Lipinski definition) is 18. The molecule has 2 aliphatic rings. The van der Waals surface area contributed by atoms with Crippen LogP contribution < -0.4 is 10.2 Å². The first-order valence-corrected chi connectivity index (χ1v) is 13.1. The van der Waals surface area contributed by atoms with Crippen molar-refractivity contribution < 1.29 is 84.3 Å². The highest BCUT2D eigenvalue weighted by Gasteiger charge is 2.67. The van der Waals surface area contributed by atoms with Crippen molar-refractivity contribution in [1.82, 2.24) is 0 Å². The maximum Gasteiger partial charge on any atom is 0.375 e. The minimum atomic E-state index is -3.68. The monoisotopic (exact) mass is 640 g/mol. The summed E-state index contributed by atoms with van der Waals surface area (Å²) in [6.45, 7) is -0.919. The lowest BCUT2D eigenvalue weighted by atomic mass is 9.79. The van der Waals surface area contributed by atoms with Gasteiger partial charge in [-0.25, -0.2) is 4.79 Å². The van der Waals surface area contributed by atoms with E-state index in [9.17, 15) is 65.8 Å². The first-order chi connectivity index (χ1) is 21.1. The quantitative estimate of drug-likeness (QED) is 0.0911. The Labute approximate surface area is 250 Å². The molecule has 2 aliphatic heterocycles. The number of hydrogen-bond donors (Lipinski definition) is 11. The highest BCUT2D eigenvalue weighted by Crippen LogP contribution is 2.45. The second-order valence-electron chi connectivity index (χ2n) is 10.4. The van der Waals surface area contributed by atoms with Crippen molar-refractivity contribution in [2.75, 3.05) is 6.61 Å². The molecule has 18 heteroatoms. The predicted molar refractivity (Wildman–Crippen MR) is 140 cm³/mol. The number of fused-ring (bicyclic) bond motifs is 1. The standard InChI is InChI=1S/C27H28O18/c28-7-15-18(33)19(34)20(35)23(42-15)44-25-26(39,9-1-4-12(30)13(31)5-9)21(36)22(37)27(40,45-25)24(38)43-16-8-41-14-6-10(29)2-3-11(14)17(16)32/h1-6,8,15,18-23,25,28-31,33-37,39-40H,7H2/t15-,18+,19+,20-,21+,22+,23+,25-,26-,27+/m1/s1. The molecule has 10 atom stereocenters. The lowest BCUT2D eigenvalue weighted by Crippen LogP contribution is -2.73. The number of esters is 1. The number of carbonyl (C=O) groups excluding carboxylic acids is 1. The summed E-state index contributed by atoms with van der Waals surface area (Å²) < 4.78 is 26.0. The third kappa shape index (κ3) is 5.37. The van der Waals surface area contributed by atoms with Crippen LogP contribution in [0, 0.1) is 0 Å². The Kier molecular flexibility index (Phi) is 8.50. The van der Waals surface area contributed by atoms with Gasteiger partial charge in [-0.05, 0) is 29.8 Å². The topological polar surface area (TPSA) is 307 Å². The second-order valence-corrected chi connectivity index (χ2v) is 10.4. The molecule has 45 heavy (non-hydrogen) atoms. The minimum absolute atomic E-state index is 0.113. The van der Waals surface area contributed by atoms with E-state index in [-0.39, 0.29) is 16.7 Å². The van der Waals surface area contributed by atoms with E-state index < -0.39 is 101 Å². The van der Waals surface area contributed by atoms with E-state index in [1.165, 1.54) is 0 Å². The van der Waals surface area contributed by atoms with Gasteiger partial charge in [-0.15, -0.1) is 0 Å².